The van der Waals surface area contributed by atoms with Crippen molar-refractivity contribution in [2.24, 2.45) is 0 Å². The molecular formula is C16H16N2O2S. The van der Waals surface area contributed by atoms with Gasteiger partial charge < -0.3 is 10.0 Å². The lowest BCUT2D eigenvalue weighted by Crippen LogP contribution is -2.25. The zero-order valence-electron chi connectivity index (χ0n) is 11.5. The van der Waals surface area contributed by atoms with Crippen LogP contribution in [-0.4, -0.2) is 22.1 Å². The number of thiophene rings is 1. The first kappa shape index (κ1) is 13.8. The molecule has 5 heteroatoms. The van der Waals surface area contributed by atoms with Gasteiger partial charge in [0.25, 0.3) is 0 Å². The fraction of sp³-hybridized carbons (Fsp3) is 0.250. The van der Waals surface area contributed by atoms with Crippen molar-refractivity contribution in [1.82, 2.24) is 4.98 Å². The molecule has 0 spiro atoms. The predicted octanol–water partition coefficient (Wildman–Crippen LogP) is 3.41. The van der Waals surface area contributed by atoms with E-state index >= 15 is 0 Å². The Kier molecular flexibility index (Phi) is 4.01. The molecule has 1 aliphatic carbocycles. The van der Waals surface area contributed by atoms with Crippen molar-refractivity contribution in [2.45, 2.75) is 25.4 Å². The van der Waals surface area contributed by atoms with Crippen LogP contribution in [0.3, 0.4) is 0 Å². The van der Waals surface area contributed by atoms with Crippen LogP contribution >= 0.6 is 11.3 Å². The minimum absolute atomic E-state index is 0.583. The average Bonchev–Trinajstić information content (AvgIpc) is 3.20. The molecule has 0 bridgehead atoms. The molecule has 1 aliphatic rings. The van der Waals surface area contributed by atoms with E-state index in [1.165, 1.54) is 17.7 Å². The summed E-state index contributed by atoms with van der Waals surface area (Å²) in [6.45, 7) is 0.889. The second kappa shape index (κ2) is 6.10. The zero-order chi connectivity index (χ0) is 14.7. The molecule has 0 saturated heterocycles. The standard InChI is InChI=1S/C16H16N2O2S/c19-16(20)8-4-12-3-7-15(17-10-12)18(13-5-6-13)11-14-2-1-9-21-14/h1-4,7-10,13H,5-6,11H2,(H,19,20)/b8-4+. The van der Waals surface area contributed by atoms with Gasteiger partial charge in [-0.25, -0.2) is 9.78 Å². The normalized spacial score (nSPS) is 14.5. The number of anilines is 1. The van der Waals surface area contributed by atoms with Crippen LogP contribution in [0.5, 0.6) is 0 Å². The number of aromatic nitrogens is 1. The fourth-order valence-electron chi connectivity index (χ4n) is 2.19. The summed E-state index contributed by atoms with van der Waals surface area (Å²) in [5, 5.41) is 10.7. The average molecular weight is 300 g/mol. The van der Waals surface area contributed by atoms with Gasteiger partial charge in [-0.05, 0) is 48.1 Å². The number of aliphatic carboxylic acids is 1. The Bertz CT molecular complexity index is 631. The Labute approximate surface area is 127 Å². The summed E-state index contributed by atoms with van der Waals surface area (Å²) < 4.78 is 0. The third-order valence-corrected chi connectivity index (χ3v) is 4.24. The van der Waals surface area contributed by atoms with E-state index in [9.17, 15) is 4.79 Å². The summed E-state index contributed by atoms with van der Waals surface area (Å²) in [6, 6.07) is 8.67. The molecule has 2 aromatic heterocycles. The van der Waals surface area contributed by atoms with Crippen LogP contribution in [0.15, 0.2) is 41.9 Å². The van der Waals surface area contributed by atoms with Crippen molar-refractivity contribution in [1.29, 1.82) is 0 Å². The van der Waals surface area contributed by atoms with E-state index in [0.29, 0.717) is 6.04 Å². The molecule has 0 radical (unpaired) electrons. The van der Waals surface area contributed by atoms with Crippen molar-refractivity contribution < 1.29 is 9.90 Å². The fourth-order valence-corrected chi connectivity index (χ4v) is 2.89. The third kappa shape index (κ3) is 3.70. The van der Waals surface area contributed by atoms with Gasteiger partial charge in [-0.15, -0.1) is 11.3 Å². The van der Waals surface area contributed by atoms with Crippen molar-refractivity contribution in [3.63, 3.8) is 0 Å². The van der Waals surface area contributed by atoms with Crippen molar-refractivity contribution in [3.05, 3.63) is 52.4 Å². The van der Waals surface area contributed by atoms with Crippen molar-refractivity contribution in [2.75, 3.05) is 4.90 Å². The number of rotatable bonds is 6. The van der Waals surface area contributed by atoms with E-state index in [0.717, 1.165) is 24.0 Å². The van der Waals surface area contributed by atoms with E-state index in [4.69, 9.17) is 5.11 Å². The highest BCUT2D eigenvalue weighted by atomic mass is 32.1. The SMILES string of the molecule is O=C(O)/C=C/c1ccc(N(Cc2cccs2)C2CC2)nc1. The highest BCUT2D eigenvalue weighted by molar-refractivity contribution is 7.09. The molecule has 0 aromatic carbocycles. The molecule has 3 rings (SSSR count). The number of pyridine rings is 1. The summed E-state index contributed by atoms with van der Waals surface area (Å²) in [5.41, 5.74) is 0.799. The number of carboxylic acids is 1. The maximum Gasteiger partial charge on any atom is 0.328 e. The first-order valence-corrected chi connectivity index (χ1v) is 7.76. The molecular weight excluding hydrogens is 284 g/mol. The topological polar surface area (TPSA) is 53.4 Å². The summed E-state index contributed by atoms with van der Waals surface area (Å²) in [4.78, 5) is 18.7. The molecule has 21 heavy (non-hydrogen) atoms. The molecule has 0 amide bonds. The van der Waals surface area contributed by atoms with Crippen LogP contribution in [0.25, 0.3) is 6.08 Å². The van der Waals surface area contributed by atoms with Gasteiger partial charge >= 0.3 is 5.97 Å². The first-order valence-electron chi connectivity index (χ1n) is 6.88. The number of hydrogen-bond donors (Lipinski definition) is 1. The van der Waals surface area contributed by atoms with Gasteiger partial charge in [0.15, 0.2) is 0 Å². The monoisotopic (exact) mass is 300 g/mol. The molecule has 4 nitrogen and oxygen atoms in total. The van der Waals surface area contributed by atoms with Crippen LogP contribution in [0.2, 0.25) is 0 Å². The van der Waals surface area contributed by atoms with Crippen LogP contribution in [0.1, 0.15) is 23.3 Å². The lowest BCUT2D eigenvalue weighted by atomic mass is 10.2. The Morgan fingerprint density at radius 1 is 1.43 bits per heavy atom. The van der Waals surface area contributed by atoms with Gasteiger partial charge in [0.2, 0.25) is 0 Å². The van der Waals surface area contributed by atoms with Gasteiger partial charge in [0, 0.05) is 23.2 Å². The molecule has 0 unspecified atom stereocenters. The van der Waals surface area contributed by atoms with Crippen LogP contribution < -0.4 is 4.90 Å². The maximum atomic E-state index is 10.5. The number of carboxylic acid groups (broad SMARTS) is 1. The van der Waals surface area contributed by atoms with Crippen molar-refractivity contribution in [3.8, 4) is 0 Å². The summed E-state index contributed by atoms with van der Waals surface area (Å²) in [7, 11) is 0. The van der Waals surface area contributed by atoms with Gasteiger partial charge in [-0.1, -0.05) is 6.07 Å². The van der Waals surface area contributed by atoms with E-state index in [2.05, 4.69) is 27.4 Å². The van der Waals surface area contributed by atoms with E-state index in [1.54, 1.807) is 23.6 Å². The first-order chi connectivity index (χ1) is 10.2. The van der Waals surface area contributed by atoms with Gasteiger partial charge in [-0.2, -0.15) is 0 Å². The van der Waals surface area contributed by atoms with Gasteiger partial charge in [0.1, 0.15) is 5.82 Å². The zero-order valence-corrected chi connectivity index (χ0v) is 12.3. The molecule has 2 heterocycles. The predicted molar refractivity (Wildman–Crippen MR) is 84.4 cm³/mol. The second-order valence-corrected chi connectivity index (χ2v) is 6.09. The summed E-state index contributed by atoms with van der Waals surface area (Å²) in [5.74, 6) is 0.00903. The highest BCUT2D eigenvalue weighted by Crippen LogP contribution is 2.32. The van der Waals surface area contributed by atoms with Crippen LogP contribution in [0, 0.1) is 0 Å². The van der Waals surface area contributed by atoms with Gasteiger partial charge in [0.05, 0.1) is 6.54 Å². The number of carbonyl (C=O) groups is 1. The van der Waals surface area contributed by atoms with Crippen LogP contribution in [-0.2, 0) is 11.3 Å². The maximum absolute atomic E-state index is 10.5. The van der Waals surface area contributed by atoms with E-state index in [-0.39, 0.29) is 0 Å². The molecule has 1 fully saturated rings. The molecule has 2 aromatic rings. The molecule has 0 atom stereocenters. The highest BCUT2D eigenvalue weighted by Gasteiger charge is 2.30. The smallest absolute Gasteiger partial charge is 0.328 e. The minimum atomic E-state index is -0.948. The Balaban J connectivity index is 1.75. The molecule has 108 valence electrons. The number of hydrogen-bond acceptors (Lipinski definition) is 4. The lowest BCUT2D eigenvalue weighted by Gasteiger charge is -2.22. The van der Waals surface area contributed by atoms with Gasteiger partial charge in [-0.3, -0.25) is 0 Å². The quantitative estimate of drug-likeness (QED) is 0.831. The summed E-state index contributed by atoms with van der Waals surface area (Å²) >= 11 is 1.76. The lowest BCUT2D eigenvalue weighted by molar-refractivity contribution is -0.131. The Hall–Kier alpha value is -2.14. The van der Waals surface area contributed by atoms with Crippen molar-refractivity contribution >= 4 is 29.2 Å². The third-order valence-electron chi connectivity index (χ3n) is 3.38. The number of nitrogens with zero attached hydrogens (tertiary/aromatic N) is 2. The van der Waals surface area contributed by atoms with E-state index in [1.807, 2.05) is 12.1 Å². The second-order valence-electron chi connectivity index (χ2n) is 5.06. The largest absolute Gasteiger partial charge is 0.478 e. The molecule has 1 saturated carbocycles. The Morgan fingerprint density at radius 3 is 2.86 bits per heavy atom. The summed E-state index contributed by atoms with van der Waals surface area (Å²) in [6.07, 6.45) is 6.83. The molecule has 0 aliphatic heterocycles. The minimum Gasteiger partial charge on any atom is -0.478 e. The Morgan fingerprint density at radius 2 is 2.29 bits per heavy atom. The molecule has 1 N–H and O–H groups in total. The van der Waals surface area contributed by atoms with Crippen LogP contribution in [0.4, 0.5) is 5.82 Å². The van der Waals surface area contributed by atoms with E-state index < -0.39 is 5.97 Å².